The molecule has 138 valence electrons. The van der Waals surface area contributed by atoms with E-state index in [-0.39, 0.29) is 18.4 Å². The molecule has 0 radical (unpaired) electrons. The highest BCUT2D eigenvalue weighted by Gasteiger charge is 2.09. The van der Waals surface area contributed by atoms with Crippen LogP contribution in [0.5, 0.6) is 0 Å². The quantitative estimate of drug-likeness (QED) is 0.641. The Hall–Kier alpha value is -1.69. The highest BCUT2D eigenvalue weighted by atomic mass is 35.5. The molecule has 0 heterocycles. The van der Waals surface area contributed by atoms with Gasteiger partial charge in [0.1, 0.15) is 0 Å². The maximum atomic E-state index is 11.9. The Kier molecular flexibility index (Phi) is 7.82. The molecule has 2 amide bonds. The van der Waals surface area contributed by atoms with E-state index >= 15 is 0 Å². The minimum atomic E-state index is -0.357. The van der Waals surface area contributed by atoms with Gasteiger partial charge in [-0.2, -0.15) is 0 Å². The molecule has 2 N–H and O–H groups in total. The van der Waals surface area contributed by atoms with Gasteiger partial charge in [0.05, 0.1) is 17.3 Å². The molecule has 0 saturated carbocycles. The number of nitrogens with one attached hydrogen (secondary N) is 2. The van der Waals surface area contributed by atoms with E-state index in [9.17, 15) is 9.59 Å². The summed E-state index contributed by atoms with van der Waals surface area (Å²) in [6, 6.07) is 11.0. The van der Waals surface area contributed by atoms with E-state index < -0.39 is 0 Å². The lowest BCUT2D eigenvalue weighted by molar-refractivity contribution is -0.123. The van der Waals surface area contributed by atoms with Gasteiger partial charge < -0.3 is 10.6 Å². The zero-order valence-corrected chi connectivity index (χ0v) is 16.9. The molecule has 0 atom stereocenters. The minimum absolute atomic E-state index is 0.115. The Bertz CT molecular complexity index is 812. The van der Waals surface area contributed by atoms with Crippen LogP contribution in [-0.2, 0) is 9.59 Å². The molecule has 0 aromatic heterocycles. The number of amides is 2. The molecule has 0 aliphatic heterocycles. The molecule has 0 saturated heterocycles. The van der Waals surface area contributed by atoms with Crippen molar-refractivity contribution >= 4 is 52.5 Å². The Morgan fingerprint density at radius 3 is 2.50 bits per heavy atom. The molecule has 2 aromatic carbocycles. The van der Waals surface area contributed by atoms with Crippen LogP contribution in [-0.4, -0.2) is 24.1 Å². The largest absolute Gasteiger partial charge is 0.347 e. The van der Waals surface area contributed by atoms with E-state index in [1.54, 1.807) is 30.0 Å². The zero-order valence-electron chi connectivity index (χ0n) is 14.6. The van der Waals surface area contributed by atoms with Crippen LogP contribution in [0.15, 0.2) is 41.3 Å². The molecular weight excluding hydrogens is 391 g/mol. The highest BCUT2D eigenvalue weighted by molar-refractivity contribution is 7.99. The van der Waals surface area contributed by atoms with E-state index in [1.165, 1.54) is 11.1 Å². The van der Waals surface area contributed by atoms with Crippen LogP contribution >= 0.6 is 35.0 Å². The number of anilines is 1. The first-order valence-electron chi connectivity index (χ1n) is 8.07. The molecule has 26 heavy (non-hydrogen) atoms. The Labute approximate surface area is 167 Å². The van der Waals surface area contributed by atoms with Crippen LogP contribution in [0.2, 0.25) is 10.0 Å². The molecule has 0 fully saturated rings. The zero-order chi connectivity index (χ0) is 19.1. The number of thioether (sulfide) groups is 1. The number of hydrogen-bond acceptors (Lipinski definition) is 3. The molecule has 0 unspecified atom stereocenters. The standard InChI is InChI=1S/C19H20Cl2N2O2S/c1-12-3-5-15(9-13(12)2)26-8-7-18(24)22-11-19(25)23-17-10-14(20)4-6-16(17)21/h3-6,9-10H,7-8,11H2,1-2H3,(H,22,24)(H,23,25). The van der Waals surface area contributed by atoms with Crippen molar-refractivity contribution in [3.8, 4) is 0 Å². The third kappa shape index (κ3) is 6.56. The average molecular weight is 411 g/mol. The molecule has 7 heteroatoms. The second-order valence-corrected chi connectivity index (χ2v) is 7.81. The maximum absolute atomic E-state index is 11.9. The summed E-state index contributed by atoms with van der Waals surface area (Å²) < 4.78 is 0. The van der Waals surface area contributed by atoms with E-state index in [0.29, 0.717) is 27.9 Å². The molecule has 0 bridgehead atoms. The SMILES string of the molecule is Cc1ccc(SCCC(=O)NCC(=O)Nc2cc(Cl)ccc2Cl)cc1C. The normalized spacial score (nSPS) is 10.5. The molecule has 2 rings (SSSR count). The van der Waals surface area contributed by atoms with Gasteiger partial charge in [0.25, 0.3) is 0 Å². The van der Waals surface area contributed by atoms with Gasteiger partial charge in [-0.25, -0.2) is 0 Å². The maximum Gasteiger partial charge on any atom is 0.243 e. The molecule has 0 aliphatic rings. The van der Waals surface area contributed by atoms with E-state index in [2.05, 4.69) is 36.6 Å². The van der Waals surface area contributed by atoms with Gasteiger partial charge in [-0.05, 0) is 55.3 Å². The Morgan fingerprint density at radius 2 is 1.77 bits per heavy atom. The second kappa shape index (κ2) is 9.86. The van der Waals surface area contributed by atoms with Gasteiger partial charge in [0.15, 0.2) is 0 Å². The monoisotopic (exact) mass is 410 g/mol. The van der Waals surface area contributed by atoms with Crippen molar-refractivity contribution in [1.29, 1.82) is 0 Å². The lowest BCUT2D eigenvalue weighted by Crippen LogP contribution is -2.33. The third-order valence-corrected chi connectivity index (χ3v) is 5.29. The van der Waals surface area contributed by atoms with Crippen molar-refractivity contribution in [3.63, 3.8) is 0 Å². The summed E-state index contributed by atoms with van der Waals surface area (Å²) in [6.45, 7) is 4.02. The van der Waals surface area contributed by atoms with Crippen LogP contribution in [0.3, 0.4) is 0 Å². The first-order valence-corrected chi connectivity index (χ1v) is 9.81. The summed E-state index contributed by atoms with van der Waals surface area (Å²) in [5, 5.41) is 6.09. The number of carbonyl (C=O) groups is 2. The first kappa shape index (κ1) is 20.6. The highest BCUT2D eigenvalue weighted by Crippen LogP contribution is 2.25. The fourth-order valence-electron chi connectivity index (χ4n) is 2.12. The molecule has 0 aliphatic carbocycles. The van der Waals surface area contributed by atoms with Crippen LogP contribution in [0, 0.1) is 13.8 Å². The first-order chi connectivity index (χ1) is 12.3. The molecular formula is C19H20Cl2N2O2S. The van der Waals surface area contributed by atoms with E-state index in [4.69, 9.17) is 23.2 Å². The number of halogens is 2. The van der Waals surface area contributed by atoms with Gasteiger partial charge in [-0.3, -0.25) is 9.59 Å². The fraction of sp³-hybridized carbons (Fsp3) is 0.263. The number of benzene rings is 2. The number of rotatable bonds is 7. The predicted octanol–water partition coefficient (Wildman–Crippen LogP) is 4.85. The second-order valence-electron chi connectivity index (χ2n) is 5.79. The van der Waals surface area contributed by atoms with Crippen LogP contribution in [0.1, 0.15) is 17.5 Å². The van der Waals surface area contributed by atoms with Gasteiger partial charge in [0.2, 0.25) is 11.8 Å². The smallest absolute Gasteiger partial charge is 0.243 e. The predicted molar refractivity (Wildman–Crippen MR) is 109 cm³/mol. The van der Waals surface area contributed by atoms with Gasteiger partial charge in [0, 0.05) is 22.1 Å². The van der Waals surface area contributed by atoms with Crippen LogP contribution in [0.25, 0.3) is 0 Å². The van der Waals surface area contributed by atoms with Crippen LogP contribution < -0.4 is 10.6 Å². The molecule has 2 aromatic rings. The van der Waals surface area contributed by atoms with Crippen molar-refractivity contribution in [2.24, 2.45) is 0 Å². The lowest BCUT2D eigenvalue weighted by atomic mass is 10.1. The Balaban J connectivity index is 1.71. The number of hydrogen-bond donors (Lipinski definition) is 2. The van der Waals surface area contributed by atoms with Crippen molar-refractivity contribution in [3.05, 3.63) is 57.6 Å². The topological polar surface area (TPSA) is 58.2 Å². The number of aryl methyl sites for hydroxylation is 2. The molecule has 0 spiro atoms. The van der Waals surface area contributed by atoms with Gasteiger partial charge >= 0.3 is 0 Å². The van der Waals surface area contributed by atoms with E-state index in [1.807, 2.05) is 6.07 Å². The van der Waals surface area contributed by atoms with Gasteiger partial charge in [-0.1, -0.05) is 29.3 Å². The van der Waals surface area contributed by atoms with Crippen molar-refractivity contribution in [1.82, 2.24) is 5.32 Å². The van der Waals surface area contributed by atoms with Crippen LogP contribution in [0.4, 0.5) is 5.69 Å². The minimum Gasteiger partial charge on any atom is -0.347 e. The number of carbonyl (C=O) groups excluding carboxylic acids is 2. The molecule has 4 nitrogen and oxygen atoms in total. The third-order valence-electron chi connectivity index (χ3n) is 3.72. The summed E-state index contributed by atoms with van der Waals surface area (Å²) in [4.78, 5) is 24.9. The van der Waals surface area contributed by atoms with E-state index in [0.717, 1.165) is 4.90 Å². The summed E-state index contributed by atoms with van der Waals surface area (Å²) in [5.41, 5.74) is 2.90. The average Bonchev–Trinajstić information content (AvgIpc) is 2.59. The summed E-state index contributed by atoms with van der Waals surface area (Å²) in [5.74, 6) is 0.119. The van der Waals surface area contributed by atoms with Gasteiger partial charge in [-0.15, -0.1) is 11.8 Å². The lowest BCUT2D eigenvalue weighted by Gasteiger charge is -2.09. The summed E-state index contributed by atoms with van der Waals surface area (Å²) >= 11 is 13.5. The van der Waals surface area contributed by atoms with Crippen molar-refractivity contribution in [2.75, 3.05) is 17.6 Å². The Morgan fingerprint density at radius 1 is 1.00 bits per heavy atom. The van der Waals surface area contributed by atoms with Crippen molar-refractivity contribution in [2.45, 2.75) is 25.2 Å². The fourth-order valence-corrected chi connectivity index (χ4v) is 3.40. The summed E-state index contributed by atoms with van der Waals surface area (Å²) in [6.07, 6.45) is 0.336. The summed E-state index contributed by atoms with van der Waals surface area (Å²) in [7, 11) is 0. The van der Waals surface area contributed by atoms with Crippen molar-refractivity contribution < 1.29 is 9.59 Å².